The topological polar surface area (TPSA) is 73.8 Å². The van der Waals surface area contributed by atoms with E-state index in [2.05, 4.69) is 15.5 Å². The lowest BCUT2D eigenvalue weighted by Gasteiger charge is -2.27. The second kappa shape index (κ2) is 7.12. The molecule has 0 unspecified atom stereocenters. The van der Waals surface area contributed by atoms with Crippen LogP contribution in [0.3, 0.4) is 0 Å². The Morgan fingerprint density at radius 3 is 2.90 bits per heavy atom. The summed E-state index contributed by atoms with van der Waals surface area (Å²) in [5.41, 5.74) is 0.240. The second-order valence-electron chi connectivity index (χ2n) is 4.70. The van der Waals surface area contributed by atoms with Crippen molar-refractivity contribution in [2.75, 3.05) is 46.4 Å². The first-order valence-corrected chi connectivity index (χ1v) is 6.79. The summed E-state index contributed by atoms with van der Waals surface area (Å²) in [5, 5.41) is 16.0. The van der Waals surface area contributed by atoms with E-state index >= 15 is 0 Å². The zero-order valence-corrected chi connectivity index (χ0v) is 11.7. The standard InChI is InChI=1S/C14H21N3O3/c1-20-12-4-2-3-11(13(12)18)14(19)16-7-10-17-8-5-15-6-9-17/h2-4,15,18H,5-10H2,1H3,(H,16,19). The largest absolute Gasteiger partial charge is 0.504 e. The number of amides is 1. The Kier molecular flexibility index (Phi) is 5.20. The van der Waals surface area contributed by atoms with Crippen LogP contribution in [0, 0.1) is 0 Å². The van der Waals surface area contributed by atoms with Gasteiger partial charge in [-0.2, -0.15) is 0 Å². The molecule has 0 radical (unpaired) electrons. The Bertz CT molecular complexity index is 459. The lowest BCUT2D eigenvalue weighted by Crippen LogP contribution is -2.46. The Labute approximate surface area is 118 Å². The molecule has 1 aliphatic heterocycles. The molecular formula is C14H21N3O3. The molecule has 110 valence electrons. The van der Waals surface area contributed by atoms with Crippen molar-refractivity contribution in [1.29, 1.82) is 0 Å². The fourth-order valence-corrected chi connectivity index (χ4v) is 2.23. The van der Waals surface area contributed by atoms with E-state index in [0.29, 0.717) is 12.3 Å². The molecule has 1 amide bonds. The van der Waals surface area contributed by atoms with Crippen molar-refractivity contribution in [3.05, 3.63) is 23.8 Å². The van der Waals surface area contributed by atoms with Crippen LogP contribution in [0.2, 0.25) is 0 Å². The molecule has 20 heavy (non-hydrogen) atoms. The van der Waals surface area contributed by atoms with Crippen LogP contribution in [0.15, 0.2) is 18.2 Å². The van der Waals surface area contributed by atoms with Gasteiger partial charge >= 0.3 is 0 Å². The number of phenols is 1. The summed E-state index contributed by atoms with van der Waals surface area (Å²) in [4.78, 5) is 14.3. The quantitative estimate of drug-likeness (QED) is 0.709. The molecule has 3 N–H and O–H groups in total. The molecule has 6 heteroatoms. The fraction of sp³-hybridized carbons (Fsp3) is 0.500. The smallest absolute Gasteiger partial charge is 0.255 e. The Hall–Kier alpha value is -1.79. The summed E-state index contributed by atoms with van der Waals surface area (Å²) in [5.74, 6) is -0.0917. The number of nitrogens with one attached hydrogen (secondary N) is 2. The molecule has 0 aliphatic carbocycles. The van der Waals surface area contributed by atoms with E-state index < -0.39 is 0 Å². The number of piperazine rings is 1. The van der Waals surface area contributed by atoms with Crippen molar-refractivity contribution in [3.63, 3.8) is 0 Å². The number of para-hydroxylation sites is 1. The Morgan fingerprint density at radius 1 is 1.45 bits per heavy atom. The van der Waals surface area contributed by atoms with Gasteiger partial charge in [0.15, 0.2) is 11.5 Å². The Morgan fingerprint density at radius 2 is 2.20 bits per heavy atom. The average molecular weight is 279 g/mol. The number of rotatable bonds is 5. The van der Waals surface area contributed by atoms with Crippen LogP contribution in [0.4, 0.5) is 0 Å². The number of hydrogen-bond acceptors (Lipinski definition) is 5. The van der Waals surface area contributed by atoms with E-state index in [9.17, 15) is 9.90 Å². The molecule has 1 saturated heterocycles. The van der Waals surface area contributed by atoms with Gasteiger partial charge in [0.1, 0.15) is 0 Å². The average Bonchev–Trinajstić information content (AvgIpc) is 2.48. The third kappa shape index (κ3) is 3.61. The lowest BCUT2D eigenvalue weighted by molar-refractivity contribution is 0.0944. The molecule has 1 aromatic rings. The van der Waals surface area contributed by atoms with Crippen LogP contribution in [-0.4, -0.2) is 62.3 Å². The van der Waals surface area contributed by atoms with Gasteiger partial charge in [-0.1, -0.05) is 6.07 Å². The monoisotopic (exact) mass is 279 g/mol. The van der Waals surface area contributed by atoms with Crippen LogP contribution in [0.25, 0.3) is 0 Å². The van der Waals surface area contributed by atoms with Crippen molar-refractivity contribution in [1.82, 2.24) is 15.5 Å². The molecule has 2 rings (SSSR count). The summed E-state index contributed by atoms with van der Waals surface area (Å²) < 4.78 is 4.99. The molecular weight excluding hydrogens is 258 g/mol. The van der Waals surface area contributed by atoms with Crippen LogP contribution in [0.5, 0.6) is 11.5 Å². The first-order chi connectivity index (χ1) is 9.72. The number of methoxy groups -OCH3 is 1. The highest BCUT2D eigenvalue weighted by Gasteiger charge is 2.15. The molecule has 1 aliphatic rings. The number of phenolic OH excluding ortho intramolecular Hbond substituents is 1. The number of hydrogen-bond donors (Lipinski definition) is 3. The van der Waals surface area contributed by atoms with E-state index in [1.165, 1.54) is 7.11 Å². The van der Waals surface area contributed by atoms with E-state index in [4.69, 9.17) is 4.74 Å². The Balaban J connectivity index is 1.85. The van der Waals surface area contributed by atoms with Gasteiger partial charge in [0.05, 0.1) is 12.7 Å². The van der Waals surface area contributed by atoms with Crippen LogP contribution in [0.1, 0.15) is 10.4 Å². The van der Waals surface area contributed by atoms with Gasteiger partial charge in [-0.05, 0) is 12.1 Å². The molecule has 0 atom stereocenters. The number of ether oxygens (including phenoxy) is 1. The molecule has 0 aromatic heterocycles. The zero-order chi connectivity index (χ0) is 14.4. The minimum Gasteiger partial charge on any atom is -0.504 e. The van der Waals surface area contributed by atoms with E-state index in [0.717, 1.165) is 32.7 Å². The number of carbonyl (C=O) groups excluding carboxylic acids is 1. The van der Waals surface area contributed by atoms with Gasteiger partial charge in [0, 0.05) is 39.3 Å². The van der Waals surface area contributed by atoms with Gasteiger partial charge in [0.25, 0.3) is 5.91 Å². The summed E-state index contributed by atoms with van der Waals surface area (Å²) in [6, 6.07) is 4.88. The van der Waals surface area contributed by atoms with Gasteiger partial charge in [0.2, 0.25) is 0 Å². The number of aromatic hydroxyl groups is 1. The highest BCUT2D eigenvalue weighted by molar-refractivity contribution is 5.97. The summed E-state index contributed by atoms with van der Waals surface area (Å²) >= 11 is 0. The van der Waals surface area contributed by atoms with E-state index in [1.807, 2.05) is 0 Å². The zero-order valence-electron chi connectivity index (χ0n) is 11.7. The second-order valence-corrected chi connectivity index (χ2v) is 4.70. The molecule has 0 saturated carbocycles. The third-order valence-electron chi connectivity index (χ3n) is 3.39. The fourth-order valence-electron chi connectivity index (χ4n) is 2.23. The lowest BCUT2D eigenvalue weighted by atomic mass is 10.1. The number of carbonyl (C=O) groups is 1. The summed E-state index contributed by atoms with van der Waals surface area (Å²) in [7, 11) is 1.46. The van der Waals surface area contributed by atoms with Crippen molar-refractivity contribution in [3.8, 4) is 11.5 Å². The maximum atomic E-state index is 12.0. The number of nitrogens with zero attached hydrogens (tertiary/aromatic N) is 1. The normalized spacial score (nSPS) is 15.8. The molecule has 1 aromatic carbocycles. The molecule has 0 spiro atoms. The van der Waals surface area contributed by atoms with Crippen LogP contribution >= 0.6 is 0 Å². The number of benzene rings is 1. The predicted molar refractivity (Wildman–Crippen MR) is 76.3 cm³/mol. The van der Waals surface area contributed by atoms with Crippen molar-refractivity contribution in [2.24, 2.45) is 0 Å². The SMILES string of the molecule is COc1cccc(C(=O)NCCN2CCNCC2)c1O. The molecule has 1 fully saturated rings. The third-order valence-corrected chi connectivity index (χ3v) is 3.39. The minimum absolute atomic E-state index is 0.116. The summed E-state index contributed by atoms with van der Waals surface area (Å²) in [6.07, 6.45) is 0. The van der Waals surface area contributed by atoms with Gasteiger partial charge in [-0.25, -0.2) is 0 Å². The first kappa shape index (κ1) is 14.6. The van der Waals surface area contributed by atoms with Crippen molar-refractivity contribution in [2.45, 2.75) is 0 Å². The molecule has 1 heterocycles. The minimum atomic E-state index is -0.281. The van der Waals surface area contributed by atoms with Gasteiger partial charge in [-0.3, -0.25) is 9.69 Å². The van der Waals surface area contributed by atoms with Gasteiger partial charge in [-0.15, -0.1) is 0 Å². The van der Waals surface area contributed by atoms with Crippen LogP contribution in [-0.2, 0) is 0 Å². The van der Waals surface area contributed by atoms with Crippen LogP contribution < -0.4 is 15.4 Å². The summed E-state index contributed by atoms with van der Waals surface area (Å²) in [6.45, 7) is 5.36. The highest BCUT2D eigenvalue weighted by atomic mass is 16.5. The highest BCUT2D eigenvalue weighted by Crippen LogP contribution is 2.28. The maximum Gasteiger partial charge on any atom is 0.255 e. The molecule has 6 nitrogen and oxygen atoms in total. The van der Waals surface area contributed by atoms with E-state index in [1.54, 1.807) is 18.2 Å². The van der Waals surface area contributed by atoms with E-state index in [-0.39, 0.29) is 17.2 Å². The van der Waals surface area contributed by atoms with Crippen molar-refractivity contribution < 1.29 is 14.6 Å². The predicted octanol–water partition coefficient (Wildman–Crippen LogP) is 0.0358. The van der Waals surface area contributed by atoms with Crippen molar-refractivity contribution >= 4 is 5.91 Å². The van der Waals surface area contributed by atoms with Gasteiger partial charge < -0.3 is 20.5 Å². The molecule has 0 bridgehead atoms. The first-order valence-electron chi connectivity index (χ1n) is 6.79. The maximum absolute atomic E-state index is 12.0.